The van der Waals surface area contributed by atoms with Gasteiger partial charge in [0.2, 0.25) is 5.91 Å². The summed E-state index contributed by atoms with van der Waals surface area (Å²) in [5.41, 5.74) is 2.31. The average molecular weight is 404 g/mol. The van der Waals surface area contributed by atoms with E-state index < -0.39 is 0 Å². The largest absolute Gasteiger partial charge is 0.459 e. The summed E-state index contributed by atoms with van der Waals surface area (Å²) in [5, 5.41) is 9.34. The summed E-state index contributed by atoms with van der Waals surface area (Å²) in [5.74, 6) is 0.629. The molecule has 2 fully saturated rings. The van der Waals surface area contributed by atoms with E-state index >= 15 is 0 Å². The molecule has 1 saturated heterocycles. The van der Waals surface area contributed by atoms with Gasteiger partial charge >= 0.3 is 0 Å². The highest BCUT2D eigenvalue weighted by Gasteiger charge is 2.38. The number of aryl methyl sites for hydroxylation is 1. The lowest BCUT2D eigenvalue weighted by Crippen LogP contribution is -2.39. The van der Waals surface area contributed by atoms with E-state index in [0.29, 0.717) is 17.6 Å². The maximum Gasteiger partial charge on any atom is 0.291 e. The molecule has 28 heavy (non-hydrogen) atoms. The molecule has 1 aliphatic heterocycles. The number of halogens is 1. The third-order valence-electron chi connectivity index (χ3n) is 5.67. The molecule has 150 valence electrons. The number of furan rings is 1. The summed E-state index contributed by atoms with van der Waals surface area (Å²) < 4.78 is 5.10. The Hall–Kier alpha value is -2.31. The van der Waals surface area contributed by atoms with Crippen molar-refractivity contribution in [3.05, 3.63) is 47.9 Å². The van der Waals surface area contributed by atoms with Crippen LogP contribution in [0.4, 0.5) is 11.4 Å². The van der Waals surface area contributed by atoms with E-state index in [-0.39, 0.29) is 36.0 Å². The number of benzene rings is 1. The van der Waals surface area contributed by atoms with Gasteiger partial charge < -0.3 is 20.4 Å². The molecule has 1 saturated carbocycles. The van der Waals surface area contributed by atoms with E-state index in [1.165, 1.54) is 31.9 Å². The van der Waals surface area contributed by atoms with Crippen LogP contribution in [-0.4, -0.2) is 23.9 Å². The minimum absolute atomic E-state index is 0. The Bertz CT molecular complexity index is 823. The lowest BCUT2D eigenvalue weighted by atomic mass is 9.85. The second-order valence-corrected chi connectivity index (χ2v) is 7.56. The highest BCUT2D eigenvalue weighted by molar-refractivity contribution is 6.03. The Balaban J connectivity index is 0.00000225. The number of amides is 2. The first-order valence-electron chi connectivity index (χ1n) is 9.62. The van der Waals surface area contributed by atoms with Crippen molar-refractivity contribution in [2.24, 2.45) is 5.92 Å². The Kier molecular flexibility index (Phi) is 6.42. The molecule has 2 heterocycles. The van der Waals surface area contributed by atoms with Gasteiger partial charge in [0.05, 0.1) is 12.3 Å². The second-order valence-electron chi connectivity index (χ2n) is 7.56. The van der Waals surface area contributed by atoms with E-state index in [0.717, 1.165) is 17.7 Å². The van der Waals surface area contributed by atoms with Gasteiger partial charge in [0.15, 0.2) is 5.76 Å². The zero-order chi connectivity index (χ0) is 18.8. The minimum Gasteiger partial charge on any atom is -0.459 e. The predicted molar refractivity (Wildman–Crippen MR) is 111 cm³/mol. The maximum absolute atomic E-state index is 12.6. The van der Waals surface area contributed by atoms with E-state index in [9.17, 15) is 9.59 Å². The van der Waals surface area contributed by atoms with E-state index in [4.69, 9.17) is 4.42 Å². The van der Waals surface area contributed by atoms with Gasteiger partial charge in [-0.25, -0.2) is 0 Å². The SMILES string of the molecule is Cc1cc(NC(=O)C2CC3CCCCC3N2)ccc1NC(=O)c1ccco1.Cl. The highest BCUT2D eigenvalue weighted by Crippen LogP contribution is 2.33. The Morgan fingerprint density at radius 3 is 2.68 bits per heavy atom. The molecule has 2 aliphatic rings. The number of nitrogens with one attached hydrogen (secondary N) is 3. The molecule has 0 bridgehead atoms. The quantitative estimate of drug-likeness (QED) is 0.717. The van der Waals surface area contributed by atoms with Crippen molar-refractivity contribution in [1.82, 2.24) is 5.32 Å². The van der Waals surface area contributed by atoms with Crippen LogP contribution in [0.25, 0.3) is 0 Å². The van der Waals surface area contributed by atoms with Crippen molar-refractivity contribution in [1.29, 1.82) is 0 Å². The van der Waals surface area contributed by atoms with Crippen LogP contribution in [0, 0.1) is 12.8 Å². The molecule has 2 amide bonds. The van der Waals surface area contributed by atoms with Gasteiger partial charge in [-0.1, -0.05) is 12.8 Å². The third kappa shape index (κ3) is 4.39. The molecule has 2 aromatic rings. The first-order valence-corrected chi connectivity index (χ1v) is 9.62. The molecular weight excluding hydrogens is 378 g/mol. The van der Waals surface area contributed by atoms with Crippen molar-refractivity contribution in [2.45, 2.75) is 51.1 Å². The normalized spacial score (nSPS) is 23.4. The summed E-state index contributed by atoms with van der Waals surface area (Å²) in [7, 11) is 0. The van der Waals surface area contributed by atoms with Gasteiger partial charge in [0, 0.05) is 17.4 Å². The van der Waals surface area contributed by atoms with Crippen LogP contribution in [0.2, 0.25) is 0 Å². The standard InChI is InChI=1S/C21H25N3O3.ClH/c1-13-11-15(8-9-16(13)24-21(26)19-7-4-10-27-19)22-20(25)18-12-14-5-2-3-6-17(14)23-18;/h4,7-11,14,17-18,23H,2-3,5-6,12H2,1H3,(H,22,25)(H,24,26);1H. The van der Waals surface area contributed by atoms with Gasteiger partial charge in [-0.05, 0) is 68.0 Å². The smallest absolute Gasteiger partial charge is 0.291 e. The van der Waals surface area contributed by atoms with Crippen LogP contribution in [0.5, 0.6) is 0 Å². The fourth-order valence-corrected chi connectivity index (χ4v) is 4.22. The van der Waals surface area contributed by atoms with Gasteiger partial charge in [0.1, 0.15) is 0 Å². The molecule has 1 aliphatic carbocycles. The summed E-state index contributed by atoms with van der Waals surface area (Å²) in [6, 6.07) is 9.15. The van der Waals surface area contributed by atoms with Crippen LogP contribution in [0.3, 0.4) is 0 Å². The molecule has 1 aromatic heterocycles. The zero-order valence-electron chi connectivity index (χ0n) is 15.9. The molecular formula is C21H26ClN3O3. The van der Waals surface area contributed by atoms with Crippen molar-refractivity contribution in [2.75, 3.05) is 10.6 Å². The van der Waals surface area contributed by atoms with Crippen molar-refractivity contribution < 1.29 is 14.0 Å². The summed E-state index contributed by atoms with van der Waals surface area (Å²) in [6.07, 6.45) is 7.33. The number of fused-ring (bicyclic) bond motifs is 1. The van der Waals surface area contributed by atoms with Gasteiger partial charge in [-0.3, -0.25) is 9.59 Å². The Labute approximate surface area is 170 Å². The monoisotopic (exact) mass is 403 g/mol. The lowest BCUT2D eigenvalue weighted by molar-refractivity contribution is -0.117. The molecule has 6 nitrogen and oxygen atoms in total. The van der Waals surface area contributed by atoms with Crippen LogP contribution in [-0.2, 0) is 4.79 Å². The molecule has 3 unspecified atom stereocenters. The highest BCUT2D eigenvalue weighted by atomic mass is 35.5. The minimum atomic E-state index is -0.294. The van der Waals surface area contributed by atoms with E-state index in [2.05, 4.69) is 16.0 Å². The summed E-state index contributed by atoms with van der Waals surface area (Å²) in [4.78, 5) is 24.7. The molecule has 0 radical (unpaired) electrons. The Morgan fingerprint density at radius 2 is 1.96 bits per heavy atom. The van der Waals surface area contributed by atoms with Crippen LogP contribution in [0.1, 0.15) is 48.2 Å². The predicted octanol–water partition coefficient (Wildman–Crippen LogP) is 4.12. The zero-order valence-corrected chi connectivity index (χ0v) is 16.7. The van der Waals surface area contributed by atoms with Gasteiger partial charge in [-0.15, -0.1) is 12.4 Å². The molecule has 3 atom stereocenters. The van der Waals surface area contributed by atoms with Crippen LogP contribution < -0.4 is 16.0 Å². The average Bonchev–Trinajstić information content (AvgIpc) is 3.33. The number of rotatable bonds is 4. The van der Waals surface area contributed by atoms with Gasteiger partial charge in [-0.2, -0.15) is 0 Å². The Morgan fingerprint density at radius 1 is 1.14 bits per heavy atom. The summed E-state index contributed by atoms with van der Waals surface area (Å²) >= 11 is 0. The third-order valence-corrected chi connectivity index (χ3v) is 5.67. The number of hydrogen-bond donors (Lipinski definition) is 3. The second kappa shape index (κ2) is 8.80. The van der Waals surface area contributed by atoms with Gasteiger partial charge in [0.25, 0.3) is 5.91 Å². The summed E-state index contributed by atoms with van der Waals surface area (Å²) in [6.45, 7) is 1.90. The van der Waals surface area contributed by atoms with Crippen molar-refractivity contribution in [3.63, 3.8) is 0 Å². The maximum atomic E-state index is 12.6. The number of anilines is 2. The molecule has 3 N–H and O–H groups in total. The lowest BCUT2D eigenvalue weighted by Gasteiger charge is -2.24. The number of carbonyl (C=O) groups excluding carboxylic acids is 2. The van der Waals surface area contributed by atoms with Crippen LogP contribution in [0.15, 0.2) is 41.0 Å². The van der Waals surface area contributed by atoms with E-state index in [1.54, 1.807) is 18.2 Å². The molecule has 7 heteroatoms. The fourth-order valence-electron chi connectivity index (χ4n) is 4.22. The fraction of sp³-hybridized carbons (Fsp3) is 0.429. The van der Waals surface area contributed by atoms with Crippen molar-refractivity contribution in [3.8, 4) is 0 Å². The number of carbonyl (C=O) groups is 2. The molecule has 1 aromatic carbocycles. The van der Waals surface area contributed by atoms with Crippen LogP contribution >= 0.6 is 12.4 Å². The first-order chi connectivity index (χ1) is 13.1. The van der Waals surface area contributed by atoms with E-state index in [1.807, 2.05) is 19.1 Å². The molecule has 0 spiro atoms. The van der Waals surface area contributed by atoms with Crippen molar-refractivity contribution >= 4 is 35.6 Å². The number of hydrogen-bond acceptors (Lipinski definition) is 4. The molecule has 4 rings (SSSR count). The topological polar surface area (TPSA) is 83.4 Å². The first kappa shape index (κ1) is 20.4.